The number of amides is 1. The average molecular weight is 299 g/mol. The molecule has 0 radical (unpaired) electrons. The van der Waals surface area contributed by atoms with Crippen molar-refractivity contribution < 1.29 is 4.79 Å². The maximum absolute atomic E-state index is 11.9. The van der Waals surface area contributed by atoms with Gasteiger partial charge >= 0.3 is 0 Å². The SMILES string of the molecule is O=C(NCCCc1ncn[nH]1)c1cc(Cl)ccc1Cl. The molecule has 0 saturated heterocycles. The summed E-state index contributed by atoms with van der Waals surface area (Å²) in [4.78, 5) is 15.9. The minimum Gasteiger partial charge on any atom is -0.352 e. The summed E-state index contributed by atoms with van der Waals surface area (Å²) >= 11 is 11.8. The number of carbonyl (C=O) groups is 1. The third-order valence-corrected chi connectivity index (χ3v) is 3.08. The van der Waals surface area contributed by atoms with Gasteiger partial charge in [-0.25, -0.2) is 4.98 Å². The van der Waals surface area contributed by atoms with E-state index in [-0.39, 0.29) is 5.91 Å². The fraction of sp³-hybridized carbons (Fsp3) is 0.250. The predicted molar refractivity (Wildman–Crippen MR) is 73.5 cm³/mol. The van der Waals surface area contributed by atoms with Crippen LogP contribution >= 0.6 is 23.2 Å². The van der Waals surface area contributed by atoms with Gasteiger partial charge in [-0.3, -0.25) is 9.89 Å². The molecule has 0 aliphatic heterocycles. The van der Waals surface area contributed by atoms with Gasteiger partial charge < -0.3 is 5.32 Å². The molecule has 5 nitrogen and oxygen atoms in total. The van der Waals surface area contributed by atoms with E-state index in [1.165, 1.54) is 6.33 Å². The molecule has 2 rings (SSSR count). The van der Waals surface area contributed by atoms with Gasteiger partial charge in [0, 0.05) is 18.0 Å². The number of benzene rings is 1. The first-order valence-corrected chi connectivity index (χ1v) is 6.50. The van der Waals surface area contributed by atoms with Crippen LogP contribution in [0.4, 0.5) is 0 Å². The highest BCUT2D eigenvalue weighted by Crippen LogP contribution is 2.20. The number of H-pyrrole nitrogens is 1. The van der Waals surface area contributed by atoms with Crippen molar-refractivity contribution in [2.45, 2.75) is 12.8 Å². The number of carbonyl (C=O) groups excluding carboxylic acids is 1. The molecule has 0 bridgehead atoms. The van der Waals surface area contributed by atoms with Gasteiger partial charge in [0.15, 0.2) is 0 Å². The lowest BCUT2D eigenvalue weighted by molar-refractivity contribution is 0.0953. The van der Waals surface area contributed by atoms with Gasteiger partial charge in [0.25, 0.3) is 5.91 Å². The van der Waals surface area contributed by atoms with E-state index in [0.29, 0.717) is 22.2 Å². The molecule has 0 unspecified atom stereocenters. The van der Waals surface area contributed by atoms with E-state index in [1.807, 2.05) is 0 Å². The number of halogens is 2. The Balaban J connectivity index is 1.82. The Labute approximate surface area is 120 Å². The number of nitrogens with zero attached hydrogens (tertiary/aromatic N) is 2. The summed E-state index contributed by atoms with van der Waals surface area (Å²) in [6, 6.07) is 4.80. The summed E-state index contributed by atoms with van der Waals surface area (Å²) in [5, 5.41) is 10.2. The Morgan fingerprint density at radius 1 is 1.37 bits per heavy atom. The lowest BCUT2D eigenvalue weighted by Gasteiger charge is -2.06. The number of hydrogen-bond donors (Lipinski definition) is 2. The van der Waals surface area contributed by atoms with Crippen molar-refractivity contribution in [3.8, 4) is 0 Å². The third kappa shape index (κ3) is 3.94. The summed E-state index contributed by atoms with van der Waals surface area (Å²) in [6.45, 7) is 0.530. The van der Waals surface area contributed by atoms with Crippen molar-refractivity contribution in [1.82, 2.24) is 20.5 Å². The number of hydrogen-bond acceptors (Lipinski definition) is 3. The lowest BCUT2D eigenvalue weighted by atomic mass is 10.2. The molecular formula is C12H12Cl2N4O. The Kier molecular flexibility index (Phi) is 4.76. The van der Waals surface area contributed by atoms with Gasteiger partial charge in [0.1, 0.15) is 12.2 Å². The van der Waals surface area contributed by atoms with E-state index in [1.54, 1.807) is 18.2 Å². The van der Waals surface area contributed by atoms with Crippen LogP contribution < -0.4 is 5.32 Å². The molecule has 1 amide bonds. The zero-order valence-electron chi connectivity index (χ0n) is 9.99. The minimum absolute atomic E-state index is 0.231. The molecule has 1 aromatic carbocycles. The van der Waals surface area contributed by atoms with Crippen LogP contribution in [-0.4, -0.2) is 27.6 Å². The lowest BCUT2D eigenvalue weighted by Crippen LogP contribution is -2.25. The number of aryl methyl sites for hydroxylation is 1. The molecule has 0 fully saturated rings. The number of aromatic amines is 1. The standard InChI is InChI=1S/C12H12Cl2N4O/c13-8-3-4-10(14)9(6-8)12(19)15-5-1-2-11-16-7-17-18-11/h3-4,6-7H,1-2,5H2,(H,15,19)(H,16,17,18). The Hall–Kier alpha value is -1.59. The van der Waals surface area contributed by atoms with Gasteiger partial charge in [-0.05, 0) is 24.6 Å². The van der Waals surface area contributed by atoms with Crippen LogP contribution in [0.3, 0.4) is 0 Å². The number of nitrogens with one attached hydrogen (secondary N) is 2. The van der Waals surface area contributed by atoms with Crippen molar-refractivity contribution in [3.05, 3.63) is 46.0 Å². The van der Waals surface area contributed by atoms with Gasteiger partial charge in [0.2, 0.25) is 0 Å². The number of rotatable bonds is 5. The molecule has 2 aromatic rings. The van der Waals surface area contributed by atoms with Crippen LogP contribution in [0.15, 0.2) is 24.5 Å². The molecule has 0 spiro atoms. The largest absolute Gasteiger partial charge is 0.352 e. The fourth-order valence-electron chi connectivity index (χ4n) is 1.58. The molecule has 19 heavy (non-hydrogen) atoms. The first kappa shape index (κ1) is 13.8. The summed E-state index contributed by atoms with van der Waals surface area (Å²) in [7, 11) is 0. The molecule has 7 heteroatoms. The molecule has 0 aliphatic rings. The monoisotopic (exact) mass is 298 g/mol. The molecule has 1 aromatic heterocycles. The van der Waals surface area contributed by atoms with Crippen molar-refractivity contribution in [1.29, 1.82) is 0 Å². The van der Waals surface area contributed by atoms with E-state index in [2.05, 4.69) is 20.5 Å². The summed E-state index contributed by atoms with van der Waals surface area (Å²) in [6.07, 6.45) is 2.95. The van der Waals surface area contributed by atoms with Crippen molar-refractivity contribution in [3.63, 3.8) is 0 Å². The third-order valence-electron chi connectivity index (χ3n) is 2.51. The smallest absolute Gasteiger partial charge is 0.252 e. The second-order valence-corrected chi connectivity index (χ2v) is 4.76. The highest BCUT2D eigenvalue weighted by molar-refractivity contribution is 6.35. The normalized spacial score (nSPS) is 10.4. The van der Waals surface area contributed by atoms with Crippen molar-refractivity contribution >= 4 is 29.1 Å². The van der Waals surface area contributed by atoms with E-state index in [4.69, 9.17) is 23.2 Å². The van der Waals surface area contributed by atoms with E-state index in [0.717, 1.165) is 18.7 Å². The second kappa shape index (κ2) is 6.54. The molecule has 0 aliphatic carbocycles. The van der Waals surface area contributed by atoms with Gasteiger partial charge in [-0.2, -0.15) is 5.10 Å². The first-order chi connectivity index (χ1) is 9.16. The van der Waals surface area contributed by atoms with E-state index >= 15 is 0 Å². The van der Waals surface area contributed by atoms with Crippen LogP contribution in [0.2, 0.25) is 10.0 Å². The summed E-state index contributed by atoms with van der Waals surface area (Å²) in [5.41, 5.74) is 0.383. The Morgan fingerprint density at radius 3 is 2.95 bits per heavy atom. The van der Waals surface area contributed by atoms with E-state index in [9.17, 15) is 4.79 Å². The van der Waals surface area contributed by atoms with Gasteiger partial charge in [-0.1, -0.05) is 23.2 Å². The molecular weight excluding hydrogens is 287 g/mol. The zero-order valence-corrected chi connectivity index (χ0v) is 11.5. The average Bonchev–Trinajstić information content (AvgIpc) is 2.90. The van der Waals surface area contributed by atoms with Crippen LogP contribution in [0.25, 0.3) is 0 Å². The maximum Gasteiger partial charge on any atom is 0.252 e. The second-order valence-electron chi connectivity index (χ2n) is 3.92. The number of aromatic nitrogens is 3. The van der Waals surface area contributed by atoms with E-state index < -0.39 is 0 Å². The molecule has 0 saturated carbocycles. The molecule has 2 N–H and O–H groups in total. The molecule has 100 valence electrons. The summed E-state index contributed by atoms with van der Waals surface area (Å²) < 4.78 is 0. The Bertz CT molecular complexity index is 557. The quantitative estimate of drug-likeness (QED) is 0.833. The fourth-order valence-corrected chi connectivity index (χ4v) is 1.95. The highest BCUT2D eigenvalue weighted by Gasteiger charge is 2.10. The maximum atomic E-state index is 11.9. The van der Waals surface area contributed by atoms with Crippen LogP contribution in [-0.2, 0) is 6.42 Å². The Morgan fingerprint density at radius 2 is 2.21 bits per heavy atom. The highest BCUT2D eigenvalue weighted by atomic mass is 35.5. The zero-order chi connectivity index (χ0) is 13.7. The predicted octanol–water partition coefficient (Wildman–Crippen LogP) is 2.47. The summed E-state index contributed by atoms with van der Waals surface area (Å²) in [5.74, 6) is 0.570. The first-order valence-electron chi connectivity index (χ1n) is 5.74. The van der Waals surface area contributed by atoms with Crippen LogP contribution in [0.1, 0.15) is 22.6 Å². The van der Waals surface area contributed by atoms with Crippen LogP contribution in [0.5, 0.6) is 0 Å². The minimum atomic E-state index is -0.231. The van der Waals surface area contributed by atoms with Crippen LogP contribution in [0, 0.1) is 0 Å². The van der Waals surface area contributed by atoms with Gasteiger partial charge in [0.05, 0.1) is 10.6 Å². The molecule has 1 heterocycles. The van der Waals surface area contributed by atoms with Crippen molar-refractivity contribution in [2.75, 3.05) is 6.54 Å². The van der Waals surface area contributed by atoms with Gasteiger partial charge in [-0.15, -0.1) is 0 Å². The van der Waals surface area contributed by atoms with Crippen molar-refractivity contribution in [2.24, 2.45) is 0 Å². The topological polar surface area (TPSA) is 70.7 Å². The molecule has 0 atom stereocenters.